The number of rotatable bonds is 8. The number of hydrogen-bond donors (Lipinski definition) is 2. The van der Waals surface area contributed by atoms with Gasteiger partial charge in [-0.2, -0.15) is 0 Å². The molecule has 0 aliphatic heterocycles. The lowest BCUT2D eigenvalue weighted by Gasteiger charge is -2.14. The van der Waals surface area contributed by atoms with Crippen LogP contribution in [0.1, 0.15) is 44.1 Å². The fourth-order valence-electron chi connectivity index (χ4n) is 2.06. The van der Waals surface area contributed by atoms with Gasteiger partial charge >= 0.3 is 5.97 Å². The highest BCUT2D eigenvalue weighted by Crippen LogP contribution is 2.26. The number of sulfonamides is 1. The summed E-state index contributed by atoms with van der Waals surface area (Å²) in [6, 6.07) is 3.78. The first-order chi connectivity index (χ1) is 9.74. The van der Waals surface area contributed by atoms with E-state index in [-0.39, 0.29) is 5.69 Å². The number of aliphatic carboxylic acids is 1. The van der Waals surface area contributed by atoms with Crippen LogP contribution in [0.3, 0.4) is 0 Å². The number of carbonyl (C=O) groups is 1. The molecule has 2 N–H and O–H groups in total. The van der Waals surface area contributed by atoms with Crippen LogP contribution in [0.2, 0.25) is 0 Å². The van der Waals surface area contributed by atoms with Crippen LogP contribution in [0.5, 0.6) is 0 Å². The number of carboxylic acid groups (broad SMARTS) is 1. The van der Waals surface area contributed by atoms with E-state index in [1.54, 1.807) is 0 Å². The van der Waals surface area contributed by atoms with Gasteiger partial charge < -0.3 is 5.11 Å². The standard InChI is InChI=1S/C14H20FNO4S/c1-3-4-5-6-11(14(17)18)10-7-8-13(12(15)9-10)16-21(2,19)20/h7-9,11,16H,3-6H2,1-2H3,(H,17,18). The van der Waals surface area contributed by atoms with Gasteiger partial charge in [0.15, 0.2) is 0 Å². The number of halogens is 1. The summed E-state index contributed by atoms with van der Waals surface area (Å²) in [5.41, 5.74) is 0.161. The minimum absolute atomic E-state index is 0.182. The van der Waals surface area contributed by atoms with Gasteiger partial charge in [0.1, 0.15) is 5.82 Å². The number of carboxylic acids is 1. The van der Waals surface area contributed by atoms with Crippen molar-refractivity contribution in [3.05, 3.63) is 29.6 Å². The van der Waals surface area contributed by atoms with Crippen LogP contribution in [0.4, 0.5) is 10.1 Å². The zero-order chi connectivity index (χ0) is 16.0. The molecule has 0 heterocycles. The number of anilines is 1. The van der Waals surface area contributed by atoms with E-state index in [4.69, 9.17) is 0 Å². The van der Waals surface area contributed by atoms with Crippen LogP contribution in [0.25, 0.3) is 0 Å². The summed E-state index contributed by atoms with van der Waals surface area (Å²) in [5.74, 6) is -2.56. The Bertz CT molecular complexity index is 601. The maximum atomic E-state index is 13.9. The van der Waals surface area contributed by atoms with Crippen molar-refractivity contribution in [1.29, 1.82) is 0 Å². The van der Waals surface area contributed by atoms with Crippen LogP contribution in [-0.4, -0.2) is 25.7 Å². The molecule has 0 saturated carbocycles. The fraction of sp³-hybridized carbons (Fsp3) is 0.500. The van der Waals surface area contributed by atoms with Gasteiger partial charge in [0.05, 0.1) is 17.9 Å². The van der Waals surface area contributed by atoms with Gasteiger partial charge in [0.2, 0.25) is 10.0 Å². The molecular formula is C14H20FNO4S. The summed E-state index contributed by atoms with van der Waals surface area (Å²) < 4.78 is 38.1. The van der Waals surface area contributed by atoms with Crippen molar-refractivity contribution in [3.63, 3.8) is 0 Å². The molecule has 0 saturated heterocycles. The summed E-state index contributed by atoms with van der Waals surface area (Å²) >= 11 is 0. The lowest BCUT2D eigenvalue weighted by Crippen LogP contribution is -2.14. The lowest BCUT2D eigenvalue weighted by atomic mass is 9.93. The monoisotopic (exact) mass is 317 g/mol. The summed E-state index contributed by atoms with van der Waals surface area (Å²) in [7, 11) is -3.57. The fourth-order valence-corrected chi connectivity index (χ4v) is 2.63. The minimum Gasteiger partial charge on any atom is -0.481 e. The molecule has 21 heavy (non-hydrogen) atoms. The molecule has 1 aromatic rings. The zero-order valence-electron chi connectivity index (χ0n) is 12.1. The van der Waals surface area contributed by atoms with E-state index in [0.29, 0.717) is 12.0 Å². The summed E-state index contributed by atoms with van der Waals surface area (Å²) in [6.07, 6.45) is 3.99. The van der Waals surface area contributed by atoms with Gasteiger partial charge in [-0.3, -0.25) is 9.52 Å². The van der Waals surface area contributed by atoms with Crippen molar-refractivity contribution in [2.75, 3.05) is 11.0 Å². The quantitative estimate of drug-likeness (QED) is 0.722. The van der Waals surface area contributed by atoms with Crippen molar-refractivity contribution in [2.24, 2.45) is 0 Å². The van der Waals surface area contributed by atoms with Crippen LogP contribution in [-0.2, 0) is 14.8 Å². The third-order valence-corrected chi connectivity index (χ3v) is 3.68. The van der Waals surface area contributed by atoms with E-state index < -0.39 is 27.7 Å². The molecule has 0 fully saturated rings. The second-order valence-corrected chi connectivity index (χ2v) is 6.75. The first kappa shape index (κ1) is 17.4. The second-order valence-electron chi connectivity index (χ2n) is 5.00. The number of nitrogens with one attached hydrogen (secondary N) is 1. The molecule has 118 valence electrons. The van der Waals surface area contributed by atoms with E-state index in [1.165, 1.54) is 12.1 Å². The zero-order valence-corrected chi connectivity index (χ0v) is 12.9. The molecule has 5 nitrogen and oxygen atoms in total. The van der Waals surface area contributed by atoms with Crippen molar-refractivity contribution in [3.8, 4) is 0 Å². The normalized spacial score (nSPS) is 12.9. The first-order valence-electron chi connectivity index (χ1n) is 6.74. The predicted molar refractivity (Wildman–Crippen MR) is 79.4 cm³/mol. The van der Waals surface area contributed by atoms with E-state index >= 15 is 0 Å². The van der Waals surface area contributed by atoms with Gasteiger partial charge in [-0.25, -0.2) is 12.8 Å². The molecule has 7 heteroatoms. The Balaban J connectivity index is 2.96. The van der Waals surface area contributed by atoms with Gasteiger partial charge in [-0.05, 0) is 24.1 Å². The third-order valence-electron chi connectivity index (χ3n) is 3.09. The lowest BCUT2D eigenvalue weighted by molar-refractivity contribution is -0.139. The maximum Gasteiger partial charge on any atom is 0.310 e. The molecule has 1 aromatic carbocycles. The van der Waals surface area contributed by atoms with Crippen LogP contribution in [0.15, 0.2) is 18.2 Å². The van der Waals surface area contributed by atoms with Gasteiger partial charge in [-0.15, -0.1) is 0 Å². The van der Waals surface area contributed by atoms with E-state index in [9.17, 15) is 22.7 Å². The molecule has 1 rings (SSSR count). The maximum absolute atomic E-state index is 13.9. The summed E-state index contributed by atoms with van der Waals surface area (Å²) in [5, 5.41) is 9.24. The second kappa shape index (κ2) is 7.40. The van der Waals surface area contributed by atoms with Gasteiger partial charge in [-0.1, -0.05) is 32.3 Å². The Morgan fingerprint density at radius 3 is 2.52 bits per heavy atom. The van der Waals surface area contributed by atoms with Gasteiger partial charge in [0.25, 0.3) is 0 Å². The van der Waals surface area contributed by atoms with Crippen LogP contribution in [0, 0.1) is 5.82 Å². The Hall–Kier alpha value is -1.63. The highest BCUT2D eigenvalue weighted by Gasteiger charge is 2.21. The molecule has 0 aromatic heterocycles. The summed E-state index contributed by atoms with van der Waals surface area (Å²) in [6.45, 7) is 2.01. The van der Waals surface area contributed by atoms with Crippen molar-refractivity contribution in [2.45, 2.75) is 38.5 Å². The number of unbranched alkanes of at least 4 members (excludes halogenated alkanes) is 2. The average Bonchev–Trinajstić information content (AvgIpc) is 2.35. The topological polar surface area (TPSA) is 83.5 Å². The Morgan fingerprint density at radius 2 is 2.05 bits per heavy atom. The van der Waals surface area contributed by atoms with Crippen molar-refractivity contribution in [1.82, 2.24) is 0 Å². The first-order valence-corrected chi connectivity index (χ1v) is 8.63. The van der Waals surface area contributed by atoms with Crippen molar-refractivity contribution < 1.29 is 22.7 Å². The molecule has 1 atom stereocenters. The van der Waals surface area contributed by atoms with Crippen LogP contribution < -0.4 is 4.72 Å². The highest BCUT2D eigenvalue weighted by atomic mass is 32.2. The van der Waals surface area contributed by atoms with E-state index in [2.05, 4.69) is 0 Å². The highest BCUT2D eigenvalue weighted by molar-refractivity contribution is 7.92. The summed E-state index contributed by atoms with van der Waals surface area (Å²) in [4.78, 5) is 11.3. The largest absolute Gasteiger partial charge is 0.481 e. The Morgan fingerprint density at radius 1 is 1.38 bits per heavy atom. The van der Waals surface area contributed by atoms with Gasteiger partial charge in [0, 0.05) is 0 Å². The minimum atomic E-state index is -3.57. The molecule has 0 bridgehead atoms. The number of benzene rings is 1. The SMILES string of the molecule is CCCCCC(C(=O)O)c1ccc(NS(C)(=O)=O)c(F)c1. The number of hydrogen-bond acceptors (Lipinski definition) is 3. The third kappa shape index (κ3) is 5.71. The Labute approximate surface area is 124 Å². The smallest absolute Gasteiger partial charge is 0.310 e. The molecule has 0 aliphatic rings. The molecule has 0 aliphatic carbocycles. The average molecular weight is 317 g/mol. The van der Waals surface area contributed by atoms with Crippen LogP contribution >= 0.6 is 0 Å². The Kier molecular flexibility index (Phi) is 6.14. The molecular weight excluding hydrogens is 297 g/mol. The molecule has 0 amide bonds. The van der Waals surface area contributed by atoms with E-state index in [1.807, 2.05) is 11.6 Å². The predicted octanol–water partition coefficient (Wildman–Crippen LogP) is 2.95. The van der Waals surface area contributed by atoms with E-state index in [0.717, 1.165) is 31.6 Å². The molecule has 0 spiro atoms. The molecule has 1 unspecified atom stereocenters. The van der Waals surface area contributed by atoms with Crippen molar-refractivity contribution >= 4 is 21.7 Å². The molecule has 0 radical (unpaired) electrons.